The molecule has 0 spiro atoms. The van der Waals surface area contributed by atoms with Gasteiger partial charge in [0.1, 0.15) is 5.75 Å². The van der Waals surface area contributed by atoms with Crippen LogP contribution in [0.4, 0.5) is 14.5 Å². The first-order valence-electron chi connectivity index (χ1n) is 7.66. The highest BCUT2D eigenvalue weighted by molar-refractivity contribution is 5.55. The fourth-order valence-corrected chi connectivity index (χ4v) is 2.27. The molecule has 0 unspecified atom stereocenters. The Morgan fingerprint density at radius 2 is 1.91 bits per heavy atom. The van der Waals surface area contributed by atoms with E-state index in [9.17, 15) is 8.78 Å². The lowest BCUT2D eigenvalue weighted by molar-refractivity contribution is -0.0503. The molecule has 126 valence electrons. The Hall–Kier alpha value is -1.40. The van der Waals surface area contributed by atoms with Crippen molar-refractivity contribution in [2.24, 2.45) is 0 Å². The van der Waals surface area contributed by atoms with Crippen molar-refractivity contribution in [3.05, 3.63) is 23.3 Å². The standard InChI is InChI=1S/C14H20F2N2O2.C2H6/c1-10-11(9-18-3-5-19-6-4-18)7-12(17-2)8-13(10)20-14(15)16;1-2/h7-8,14,17H,3-6,9H2,1-2H3;1-2H3. The van der Waals surface area contributed by atoms with Gasteiger partial charge in [0.05, 0.1) is 13.2 Å². The normalized spacial score (nSPS) is 15.2. The number of rotatable bonds is 5. The zero-order chi connectivity index (χ0) is 16.5. The molecule has 0 saturated carbocycles. The van der Waals surface area contributed by atoms with E-state index < -0.39 is 6.61 Å². The second-order valence-electron chi connectivity index (χ2n) is 4.78. The van der Waals surface area contributed by atoms with Gasteiger partial charge in [-0.05, 0) is 24.1 Å². The zero-order valence-electron chi connectivity index (χ0n) is 13.8. The molecule has 0 amide bonds. The zero-order valence-corrected chi connectivity index (χ0v) is 13.8. The molecule has 22 heavy (non-hydrogen) atoms. The number of morpholine rings is 1. The third-order valence-corrected chi connectivity index (χ3v) is 3.47. The Balaban J connectivity index is 0.00000116. The van der Waals surface area contributed by atoms with E-state index in [1.807, 2.05) is 26.8 Å². The molecule has 0 radical (unpaired) electrons. The van der Waals surface area contributed by atoms with Crippen molar-refractivity contribution in [1.29, 1.82) is 0 Å². The van der Waals surface area contributed by atoms with Crippen LogP contribution >= 0.6 is 0 Å². The summed E-state index contributed by atoms with van der Waals surface area (Å²) < 4.78 is 34.8. The number of hydrogen-bond acceptors (Lipinski definition) is 4. The number of ether oxygens (including phenoxy) is 2. The van der Waals surface area contributed by atoms with Crippen LogP contribution in [-0.4, -0.2) is 44.9 Å². The molecule has 4 nitrogen and oxygen atoms in total. The van der Waals surface area contributed by atoms with Gasteiger partial charge in [0, 0.05) is 38.4 Å². The topological polar surface area (TPSA) is 33.7 Å². The van der Waals surface area contributed by atoms with Gasteiger partial charge < -0.3 is 14.8 Å². The quantitative estimate of drug-likeness (QED) is 0.901. The SMILES string of the molecule is CC.CNc1cc(CN2CCOCC2)c(C)c(OC(F)F)c1. The molecule has 1 aromatic carbocycles. The van der Waals surface area contributed by atoms with E-state index in [1.54, 1.807) is 13.1 Å². The van der Waals surface area contributed by atoms with Crippen molar-refractivity contribution in [2.45, 2.75) is 33.9 Å². The minimum atomic E-state index is -2.81. The minimum absolute atomic E-state index is 0.232. The summed E-state index contributed by atoms with van der Waals surface area (Å²) >= 11 is 0. The summed E-state index contributed by atoms with van der Waals surface area (Å²) in [5.41, 5.74) is 2.53. The first kappa shape index (κ1) is 18.6. The minimum Gasteiger partial charge on any atom is -0.434 e. The van der Waals surface area contributed by atoms with E-state index in [4.69, 9.17) is 4.74 Å². The van der Waals surface area contributed by atoms with Crippen molar-refractivity contribution < 1.29 is 18.3 Å². The van der Waals surface area contributed by atoms with Crippen LogP contribution in [0.3, 0.4) is 0 Å². The molecule has 1 fully saturated rings. The van der Waals surface area contributed by atoms with Crippen LogP contribution in [0.15, 0.2) is 12.1 Å². The first-order chi connectivity index (χ1) is 10.6. The summed E-state index contributed by atoms with van der Waals surface area (Å²) in [7, 11) is 1.76. The Kier molecular flexibility index (Phi) is 8.12. The molecular weight excluding hydrogens is 290 g/mol. The van der Waals surface area contributed by atoms with Gasteiger partial charge in [0.25, 0.3) is 0 Å². The van der Waals surface area contributed by atoms with E-state index in [0.717, 1.165) is 29.9 Å². The predicted molar refractivity (Wildman–Crippen MR) is 84.8 cm³/mol. The average molecular weight is 316 g/mol. The van der Waals surface area contributed by atoms with Crippen molar-refractivity contribution in [1.82, 2.24) is 4.90 Å². The molecular formula is C16H26F2N2O2. The van der Waals surface area contributed by atoms with Crippen LogP contribution in [0.1, 0.15) is 25.0 Å². The molecule has 1 aliphatic heterocycles. The Morgan fingerprint density at radius 3 is 2.45 bits per heavy atom. The van der Waals surface area contributed by atoms with E-state index in [1.165, 1.54) is 0 Å². The van der Waals surface area contributed by atoms with Gasteiger partial charge in [-0.1, -0.05) is 13.8 Å². The fourth-order valence-electron chi connectivity index (χ4n) is 2.27. The molecule has 0 aromatic heterocycles. The van der Waals surface area contributed by atoms with Gasteiger partial charge in [0.15, 0.2) is 0 Å². The van der Waals surface area contributed by atoms with Crippen molar-refractivity contribution in [3.8, 4) is 5.75 Å². The Labute approximate surface area is 131 Å². The van der Waals surface area contributed by atoms with E-state index in [0.29, 0.717) is 19.8 Å². The lowest BCUT2D eigenvalue weighted by Gasteiger charge is -2.27. The molecule has 1 aromatic rings. The summed E-state index contributed by atoms with van der Waals surface area (Å²) in [5, 5.41) is 2.98. The maximum absolute atomic E-state index is 12.5. The van der Waals surface area contributed by atoms with Crippen LogP contribution in [-0.2, 0) is 11.3 Å². The largest absolute Gasteiger partial charge is 0.434 e. The second kappa shape index (κ2) is 9.58. The molecule has 0 aliphatic carbocycles. The third kappa shape index (κ3) is 5.42. The first-order valence-corrected chi connectivity index (χ1v) is 7.66. The maximum Gasteiger partial charge on any atom is 0.387 e. The lowest BCUT2D eigenvalue weighted by Crippen LogP contribution is -2.35. The van der Waals surface area contributed by atoms with Crippen LogP contribution in [0.2, 0.25) is 0 Å². The molecule has 1 saturated heterocycles. The fraction of sp³-hybridized carbons (Fsp3) is 0.625. The summed E-state index contributed by atoms with van der Waals surface area (Å²) in [6.45, 7) is 6.85. The smallest absolute Gasteiger partial charge is 0.387 e. The highest BCUT2D eigenvalue weighted by atomic mass is 19.3. The number of nitrogens with zero attached hydrogens (tertiary/aromatic N) is 1. The Morgan fingerprint density at radius 1 is 1.27 bits per heavy atom. The highest BCUT2D eigenvalue weighted by Gasteiger charge is 2.16. The van der Waals surface area contributed by atoms with E-state index >= 15 is 0 Å². The van der Waals surface area contributed by atoms with Crippen molar-refractivity contribution in [3.63, 3.8) is 0 Å². The van der Waals surface area contributed by atoms with Crippen LogP contribution in [0.5, 0.6) is 5.75 Å². The van der Waals surface area contributed by atoms with Crippen LogP contribution in [0, 0.1) is 6.92 Å². The monoisotopic (exact) mass is 316 g/mol. The lowest BCUT2D eigenvalue weighted by atomic mass is 10.1. The van der Waals surface area contributed by atoms with Gasteiger partial charge in [0.2, 0.25) is 0 Å². The maximum atomic E-state index is 12.5. The van der Waals surface area contributed by atoms with Crippen LogP contribution in [0.25, 0.3) is 0 Å². The number of halogens is 2. The molecule has 2 rings (SSSR count). The van der Waals surface area contributed by atoms with Gasteiger partial charge >= 0.3 is 6.61 Å². The van der Waals surface area contributed by atoms with Crippen LogP contribution < -0.4 is 10.1 Å². The van der Waals surface area contributed by atoms with Crippen molar-refractivity contribution >= 4 is 5.69 Å². The molecule has 6 heteroatoms. The summed E-state index contributed by atoms with van der Waals surface area (Å²) in [4.78, 5) is 2.25. The van der Waals surface area contributed by atoms with Gasteiger partial charge in [-0.15, -0.1) is 0 Å². The number of nitrogens with one attached hydrogen (secondary N) is 1. The number of hydrogen-bond donors (Lipinski definition) is 1. The molecule has 1 N–H and O–H groups in total. The second-order valence-corrected chi connectivity index (χ2v) is 4.78. The summed E-state index contributed by atoms with van der Waals surface area (Å²) in [6, 6.07) is 3.58. The number of benzene rings is 1. The summed E-state index contributed by atoms with van der Waals surface area (Å²) in [6.07, 6.45) is 0. The molecule has 1 aliphatic rings. The highest BCUT2D eigenvalue weighted by Crippen LogP contribution is 2.29. The van der Waals surface area contributed by atoms with Gasteiger partial charge in [-0.3, -0.25) is 4.90 Å². The molecule has 0 atom stereocenters. The van der Waals surface area contributed by atoms with E-state index in [-0.39, 0.29) is 5.75 Å². The Bertz CT molecular complexity index is 450. The third-order valence-electron chi connectivity index (χ3n) is 3.47. The van der Waals surface area contributed by atoms with Gasteiger partial charge in [-0.25, -0.2) is 0 Å². The molecule has 1 heterocycles. The van der Waals surface area contributed by atoms with E-state index in [2.05, 4.69) is 15.0 Å². The average Bonchev–Trinajstić information content (AvgIpc) is 2.53. The number of alkyl halides is 2. The number of anilines is 1. The van der Waals surface area contributed by atoms with Crippen molar-refractivity contribution in [2.75, 3.05) is 38.7 Å². The predicted octanol–water partition coefficient (Wildman–Crippen LogP) is 3.50. The summed E-state index contributed by atoms with van der Waals surface area (Å²) in [5.74, 6) is 0.232. The van der Waals surface area contributed by atoms with Gasteiger partial charge in [-0.2, -0.15) is 8.78 Å². The molecule has 0 bridgehead atoms.